The van der Waals surface area contributed by atoms with Crippen molar-refractivity contribution in [2.45, 2.75) is 12.2 Å². The molecular formula is C16H16N4O2. The summed E-state index contributed by atoms with van der Waals surface area (Å²) in [5.74, 6) is 0.547. The molecular weight excluding hydrogens is 280 g/mol. The summed E-state index contributed by atoms with van der Waals surface area (Å²) in [7, 11) is 0. The molecule has 0 unspecified atom stereocenters. The summed E-state index contributed by atoms with van der Waals surface area (Å²) in [6, 6.07) is 18.3. The number of amidine groups is 2. The zero-order valence-corrected chi connectivity index (χ0v) is 11.7. The van der Waals surface area contributed by atoms with E-state index in [4.69, 9.17) is 0 Å². The molecule has 112 valence electrons. The van der Waals surface area contributed by atoms with E-state index in [-0.39, 0.29) is 11.7 Å². The predicted octanol–water partition coefficient (Wildman–Crippen LogP) is 1.27. The molecule has 1 aliphatic heterocycles. The summed E-state index contributed by atoms with van der Waals surface area (Å²) in [6.07, 6.45) is -1.82. The lowest BCUT2D eigenvalue weighted by atomic mass is 10.1. The largest absolute Gasteiger partial charge is 0.380 e. The van der Waals surface area contributed by atoms with Crippen LogP contribution in [0, 0.1) is 0 Å². The maximum atomic E-state index is 10.2. The minimum absolute atomic E-state index is 0.273. The molecule has 1 heterocycles. The maximum Gasteiger partial charge on any atom is 0.176 e. The first-order valence-electron chi connectivity index (χ1n) is 6.89. The minimum atomic E-state index is -0.909. The van der Waals surface area contributed by atoms with Gasteiger partial charge in [-0.2, -0.15) is 10.2 Å². The molecule has 0 spiro atoms. The first kappa shape index (κ1) is 14.2. The second-order valence-electron chi connectivity index (χ2n) is 4.84. The van der Waals surface area contributed by atoms with E-state index in [1.165, 1.54) is 0 Å². The summed E-state index contributed by atoms with van der Waals surface area (Å²) in [4.78, 5) is 0. The van der Waals surface area contributed by atoms with Crippen molar-refractivity contribution < 1.29 is 10.2 Å². The Hall–Kier alpha value is -2.70. The van der Waals surface area contributed by atoms with Gasteiger partial charge in [0.05, 0.1) is 0 Å². The van der Waals surface area contributed by atoms with Gasteiger partial charge in [-0.1, -0.05) is 60.7 Å². The Morgan fingerprint density at radius 1 is 0.636 bits per heavy atom. The molecule has 3 rings (SSSR count). The van der Waals surface area contributed by atoms with E-state index < -0.39 is 12.2 Å². The van der Waals surface area contributed by atoms with Crippen LogP contribution in [-0.2, 0) is 0 Å². The Labute approximate surface area is 127 Å². The van der Waals surface area contributed by atoms with Crippen LogP contribution in [0.4, 0.5) is 0 Å². The van der Waals surface area contributed by atoms with Gasteiger partial charge in [0, 0.05) is 0 Å². The number of hydrazone groups is 2. The van der Waals surface area contributed by atoms with Crippen LogP contribution in [0.3, 0.4) is 0 Å². The van der Waals surface area contributed by atoms with Crippen molar-refractivity contribution in [3.8, 4) is 0 Å². The molecule has 0 saturated carbocycles. The monoisotopic (exact) mass is 296 g/mol. The molecule has 2 aromatic rings. The highest BCUT2D eigenvalue weighted by atomic mass is 16.3. The van der Waals surface area contributed by atoms with Crippen molar-refractivity contribution in [3.63, 3.8) is 0 Å². The second-order valence-corrected chi connectivity index (χ2v) is 4.84. The standard InChI is InChI=1S/C16H16N4O2/c21-13(11-7-3-1-4-8-11)15-17-19-16(20-18-15)14(22)12-9-5-2-6-10-12/h1-10,13-14,21-22H,(H,17,18)(H,19,20)/t13-,14+. The molecule has 4 N–H and O–H groups in total. The van der Waals surface area contributed by atoms with Gasteiger partial charge < -0.3 is 10.2 Å². The maximum absolute atomic E-state index is 10.2. The van der Waals surface area contributed by atoms with Crippen LogP contribution in [0.1, 0.15) is 23.3 Å². The molecule has 22 heavy (non-hydrogen) atoms. The average Bonchev–Trinajstić information content (AvgIpc) is 2.62. The minimum Gasteiger partial charge on any atom is -0.380 e. The molecule has 6 heteroatoms. The molecule has 2 atom stereocenters. The van der Waals surface area contributed by atoms with E-state index in [2.05, 4.69) is 21.1 Å². The van der Waals surface area contributed by atoms with Gasteiger partial charge in [0.15, 0.2) is 11.7 Å². The first-order valence-corrected chi connectivity index (χ1v) is 6.89. The van der Waals surface area contributed by atoms with E-state index in [0.717, 1.165) is 0 Å². The Morgan fingerprint density at radius 2 is 1.00 bits per heavy atom. The van der Waals surface area contributed by atoms with Gasteiger partial charge in [-0.15, -0.1) is 0 Å². The van der Waals surface area contributed by atoms with E-state index in [1.54, 1.807) is 24.3 Å². The van der Waals surface area contributed by atoms with Crippen molar-refractivity contribution in [2.75, 3.05) is 0 Å². The van der Waals surface area contributed by atoms with Crippen LogP contribution in [0.25, 0.3) is 0 Å². The second kappa shape index (κ2) is 6.38. The highest BCUT2D eigenvalue weighted by molar-refractivity contribution is 5.95. The highest BCUT2D eigenvalue weighted by Crippen LogP contribution is 2.16. The fourth-order valence-corrected chi connectivity index (χ4v) is 2.12. The predicted molar refractivity (Wildman–Crippen MR) is 83.9 cm³/mol. The fourth-order valence-electron chi connectivity index (χ4n) is 2.12. The number of rotatable bonds is 4. The van der Waals surface area contributed by atoms with Crippen LogP contribution >= 0.6 is 0 Å². The quantitative estimate of drug-likeness (QED) is 0.684. The number of hydrogen-bond acceptors (Lipinski definition) is 6. The van der Waals surface area contributed by atoms with E-state index >= 15 is 0 Å². The third-order valence-corrected chi connectivity index (χ3v) is 3.33. The first-order chi connectivity index (χ1) is 10.8. The zero-order chi connectivity index (χ0) is 15.4. The van der Waals surface area contributed by atoms with Gasteiger partial charge in [0.1, 0.15) is 12.2 Å². The zero-order valence-electron chi connectivity index (χ0n) is 11.7. The number of nitrogens with zero attached hydrogens (tertiary/aromatic N) is 2. The van der Waals surface area contributed by atoms with Crippen molar-refractivity contribution in [3.05, 3.63) is 71.8 Å². The average molecular weight is 296 g/mol. The normalized spacial score (nSPS) is 16.6. The molecule has 0 bridgehead atoms. The van der Waals surface area contributed by atoms with Crippen molar-refractivity contribution >= 4 is 11.7 Å². The molecule has 1 aliphatic rings. The van der Waals surface area contributed by atoms with E-state index in [9.17, 15) is 10.2 Å². The van der Waals surface area contributed by atoms with Gasteiger partial charge in [0.2, 0.25) is 0 Å². The summed E-state index contributed by atoms with van der Waals surface area (Å²) in [5, 5.41) is 28.5. The lowest BCUT2D eigenvalue weighted by Crippen LogP contribution is -2.39. The molecule has 0 fully saturated rings. The van der Waals surface area contributed by atoms with Gasteiger partial charge in [-0.25, -0.2) is 0 Å². The Balaban J connectivity index is 1.69. The van der Waals surface area contributed by atoms with Crippen LogP contribution < -0.4 is 10.9 Å². The smallest absolute Gasteiger partial charge is 0.176 e. The Bertz CT molecular complexity index is 624. The summed E-state index contributed by atoms with van der Waals surface area (Å²) < 4.78 is 0. The molecule has 6 nitrogen and oxygen atoms in total. The van der Waals surface area contributed by atoms with Gasteiger partial charge in [-0.05, 0) is 11.1 Å². The van der Waals surface area contributed by atoms with Crippen LogP contribution in [0.15, 0.2) is 70.9 Å². The van der Waals surface area contributed by atoms with Crippen LogP contribution in [0.2, 0.25) is 0 Å². The Kier molecular flexibility index (Phi) is 4.13. The summed E-state index contributed by atoms with van der Waals surface area (Å²) in [5.41, 5.74) is 6.78. The number of benzene rings is 2. The van der Waals surface area contributed by atoms with Gasteiger partial charge in [-0.3, -0.25) is 10.9 Å². The molecule has 2 aromatic carbocycles. The van der Waals surface area contributed by atoms with Crippen molar-refractivity contribution in [1.29, 1.82) is 0 Å². The van der Waals surface area contributed by atoms with Gasteiger partial charge in [0.25, 0.3) is 0 Å². The Morgan fingerprint density at radius 3 is 1.32 bits per heavy atom. The van der Waals surface area contributed by atoms with Crippen molar-refractivity contribution in [2.24, 2.45) is 10.2 Å². The van der Waals surface area contributed by atoms with Gasteiger partial charge >= 0.3 is 0 Å². The topological polar surface area (TPSA) is 89.2 Å². The molecule has 0 radical (unpaired) electrons. The van der Waals surface area contributed by atoms with Crippen molar-refractivity contribution in [1.82, 2.24) is 10.9 Å². The molecule has 0 aromatic heterocycles. The van der Waals surface area contributed by atoms with Crippen LogP contribution in [-0.4, -0.2) is 21.9 Å². The number of nitrogens with one attached hydrogen (secondary N) is 2. The number of aliphatic hydroxyl groups excluding tert-OH is 2. The fraction of sp³-hybridized carbons (Fsp3) is 0.125. The summed E-state index contributed by atoms with van der Waals surface area (Å²) in [6.45, 7) is 0. The number of aliphatic hydroxyl groups is 2. The van der Waals surface area contributed by atoms with E-state index in [1.807, 2.05) is 36.4 Å². The molecule has 0 aliphatic carbocycles. The lowest BCUT2D eigenvalue weighted by molar-refractivity contribution is 0.234. The lowest BCUT2D eigenvalue weighted by Gasteiger charge is -2.21. The number of hydrogen-bond donors (Lipinski definition) is 4. The molecule has 0 amide bonds. The van der Waals surface area contributed by atoms with E-state index in [0.29, 0.717) is 11.1 Å². The third-order valence-electron chi connectivity index (χ3n) is 3.33. The highest BCUT2D eigenvalue weighted by Gasteiger charge is 2.22. The molecule has 0 saturated heterocycles. The third kappa shape index (κ3) is 2.98. The SMILES string of the molecule is O[C@H](C1=NNC([C@H](O)c2ccccc2)=NN1)c1ccccc1. The summed E-state index contributed by atoms with van der Waals surface area (Å²) >= 11 is 0. The van der Waals surface area contributed by atoms with Crippen LogP contribution in [0.5, 0.6) is 0 Å².